The topological polar surface area (TPSA) is 55.1 Å². The van der Waals surface area contributed by atoms with Crippen molar-refractivity contribution in [1.82, 2.24) is 9.78 Å². The minimum absolute atomic E-state index is 0.469. The van der Waals surface area contributed by atoms with Crippen molar-refractivity contribution in [2.75, 3.05) is 0 Å². The molecule has 0 spiro atoms. The van der Waals surface area contributed by atoms with Crippen molar-refractivity contribution in [2.24, 2.45) is 5.92 Å². The second-order valence-corrected chi connectivity index (χ2v) is 4.65. The van der Waals surface area contributed by atoms with E-state index in [-0.39, 0.29) is 0 Å². The number of carboxylic acid groups (broad SMARTS) is 1. The Labute approximate surface area is 95.3 Å². The van der Waals surface area contributed by atoms with Crippen LogP contribution in [0.3, 0.4) is 0 Å². The van der Waals surface area contributed by atoms with E-state index in [0.29, 0.717) is 5.92 Å². The van der Waals surface area contributed by atoms with Gasteiger partial charge in [0.05, 0.1) is 11.6 Å². The number of rotatable bonds is 4. The van der Waals surface area contributed by atoms with Crippen LogP contribution in [-0.2, 0) is 11.3 Å². The van der Waals surface area contributed by atoms with Gasteiger partial charge in [-0.05, 0) is 31.7 Å². The van der Waals surface area contributed by atoms with E-state index in [1.807, 2.05) is 10.7 Å². The summed E-state index contributed by atoms with van der Waals surface area (Å²) in [4.78, 5) is 10.9. The average Bonchev–Trinajstić information content (AvgIpc) is 2.88. The van der Waals surface area contributed by atoms with Gasteiger partial charge in [-0.15, -0.1) is 0 Å². The number of hydrogen-bond donors (Lipinski definition) is 1. The Hall–Kier alpha value is -1.32. The highest BCUT2D eigenvalue weighted by molar-refractivity contribution is 5.74. The maximum Gasteiger partial charge on any atom is 0.312 e. The summed E-state index contributed by atoms with van der Waals surface area (Å²) in [6.45, 7) is 2.59. The quantitative estimate of drug-likeness (QED) is 0.850. The minimum atomic E-state index is -0.784. The summed E-state index contributed by atoms with van der Waals surface area (Å²) in [5.74, 6) is -0.572. The number of aliphatic carboxylic acids is 1. The number of carboxylic acids is 1. The molecule has 4 nitrogen and oxygen atoms in total. The zero-order valence-corrected chi connectivity index (χ0v) is 9.59. The fraction of sp³-hybridized carbons (Fsp3) is 0.667. The van der Waals surface area contributed by atoms with E-state index in [4.69, 9.17) is 5.11 Å². The van der Waals surface area contributed by atoms with Crippen LogP contribution in [0.4, 0.5) is 0 Å². The molecule has 1 heterocycles. The molecular weight excluding hydrogens is 204 g/mol. The van der Waals surface area contributed by atoms with Crippen LogP contribution in [0.15, 0.2) is 12.3 Å². The molecule has 1 N–H and O–H groups in total. The van der Waals surface area contributed by atoms with E-state index in [0.717, 1.165) is 12.2 Å². The number of carbonyl (C=O) groups is 1. The molecule has 1 aliphatic rings. The second kappa shape index (κ2) is 4.68. The lowest BCUT2D eigenvalue weighted by Crippen LogP contribution is -2.17. The lowest BCUT2D eigenvalue weighted by atomic mass is 10.1. The molecule has 4 heteroatoms. The van der Waals surface area contributed by atoms with Gasteiger partial charge in [0.25, 0.3) is 0 Å². The van der Waals surface area contributed by atoms with Crippen LogP contribution in [-0.4, -0.2) is 20.9 Å². The monoisotopic (exact) mass is 222 g/mol. The molecule has 1 aromatic rings. The van der Waals surface area contributed by atoms with Gasteiger partial charge in [-0.2, -0.15) is 5.10 Å². The van der Waals surface area contributed by atoms with Crippen LogP contribution in [0, 0.1) is 5.92 Å². The molecule has 0 saturated heterocycles. The van der Waals surface area contributed by atoms with Crippen LogP contribution in [0.1, 0.15) is 44.2 Å². The average molecular weight is 222 g/mol. The Balaban J connectivity index is 2.09. The maximum absolute atomic E-state index is 10.9. The molecular formula is C12H18N2O2. The molecule has 1 saturated carbocycles. The lowest BCUT2D eigenvalue weighted by molar-refractivity contribution is -0.138. The van der Waals surface area contributed by atoms with Gasteiger partial charge in [0.15, 0.2) is 0 Å². The number of aromatic nitrogens is 2. The van der Waals surface area contributed by atoms with Crippen molar-refractivity contribution in [3.05, 3.63) is 18.0 Å². The van der Waals surface area contributed by atoms with Crippen molar-refractivity contribution in [2.45, 2.75) is 45.1 Å². The van der Waals surface area contributed by atoms with E-state index in [2.05, 4.69) is 5.10 Å². The summed E-state index contributed by atoms with van der Waals surface area (Å²) in [5.41, 5.74) is 0.819. The normalized spacial score (nSPS) is 18.8. The zero-order chi connectivity index (χ0) is 11.5. The standard InChI is InChI=1S/C12H18N2O2/c1-9(12(15)16)11-6-7-13-14(11)8-10-4-2-3-5-10/h6-7,9-10H,2-5,8H2,1H3,(H,15,16). The summed E-state index contributed by atoms with van der Waals surface area (Å²) in [5, 5.41) is 13.2. The van der Waals surface area contributed by atoms with Crippen LogP contribution in [0.25, 0.3) is 0 Å². The van der Waals surface area contributed by atoms with Crippen LogP contribution >= 0.6 is 0 Å². The van der Waals surface area contributed by atoms with Crippen LogP contribution < -0.4 is 0 Å². The van der Waals surface area contributed by atoms with Gasteiger partial charge in [-0.1, -0.05) is 12.8 Å². The first-order valence-corrected chi connectivity index (χ1v) is 5.93. The third-order valence-corrected chi connectivity index (χ3v) is 3.47. The summed E-state index contributed by atoms with van der Waals surface area (Å²) in [7, 11) is 0. The lowest BCUT2D eigenvalue weighted by Gasteiger charge is -2.14. The highest BCUT2D eigenvalue weighted by Crippen LogP contribution is 2.27. The summed E-state index contributed by atoms with van der Waals surface area (Å²) in [6.07, 6.45) is 6.80. The van der Waals surface area contributed by atoms with Crippen molar-refractivity contribution >= 4 is 5.97 Å². The SMILES string of the molecule is CC(C(=O)O)c1ccnn1CC1CCCC1. The highest BCUT2D eigenvalue weighted by atomic mass is 16.4. The Morgan fingerprint density at radius 3 is 2.94 bits per heavy atom. The highest BCUT2D eigenvalue weighted by Gasteiger charge is 2.21. The smallest absolute Gasteiger partial charge is 0.312 e. The number of nitrogens with zero attached hydrogens (tertiary/aromatic N) is 2. The van der Waals surface area contributed by atoms with Crippen molar-refractivity contribution in [3.8, 4) is 0 Å². The van der Waals surface area contributed by atoms with E-state index in [1.54, 1.807) is 13.1 Å². The Morgan fingerprint density at radius 2 is 2.31 bits per heavy atom. The van der Waals surface area contributed by atoms with Gasteiger partial charge < -0.3 is 5.11 Å². The molecule has 2 rings (SSSR count). The van der Waals surface area contributed by atoms with Crippen molar-refractivity contribution < 1.29 is 9.90 Å². The van der Waals surface area contributed by atoms with Crippen LogP contribution in [0.2, 0.25) is 0 Å². The molecule has 0 radical (unpaired) electrons. The molecule has 0 aromatic carbocycles. The fourth-order valence-corrected chi connectivity index (χ4v) is 2.43. The van der Waals surface area contributed by atoms with Crippen LogP contribution in [0.5, 0.6) is 0 Å². The first-order valence-electron chi connectivity index (χ1n) is 5.93. The molecule has 16 heavy (non-hydrogen) atoms. The summed E-state index contributed by atoms with van der Waals surface area (Å²) < 4.78 is 1.87. The van der Waals surface area contributed by atoms with Gasteiger partial charge >= 0.3 is 5.97 Å². The fourth-order valence-electron chi connectivity index (χ4n) is 2.43. The molecule has 1 unspecified atom stereocenters. The zero-order valence-electron chi connectivity index (χ0n) is 9.59. The van der Waals surface area contributed by atoms with Gasteiger partial charge in [0.2, 0.25) is 0 Å². The molecule has 0 bridgehead atoms. The third kappa shape index (κ3) is 2.26. The minimum Gasteiger partial charge on any atom is -0.481 e. The molecule has 1 aliphatic carbocycles. The first kappa shape index (κ1) is 11.2. The van der Waals surface area contributed by atoms with Crippen molar-refractivity contribution in [1.29, 1.82) is 0 Å². The Morgan fingerprint density at radius 1 is 1.62 bits per heavy atom. The molecule has 0 amide bonds. The van der Waals surface area contributed by atoms with E-state index in [9.17, 15) is 4.79 Å². The van der Waals surface area contributed by atoms with Gasteiger partial charge in [-0.3, -0.25) is 9.48 Å². The maximum atomic E-state index is 10.9. The Bertz CT molecular complexity index is 367. The van der Waals surface area contributed by atoms with E-state index < -0.39 is 11.9 Å². The molecule has 1 atom stereocenters. The van der Waals surface area contributed by atoms with Gasteiger partial charge in [0.1, 0.15) is 0 Å². The molecule has 88 valence electrons. The molecule has 1 fully saturated rings. The summed E-state index contributed by atoms with van der Waals surface area (Å²) >= 11 is 0. The van der Waals surface area contributed by atoms with Gasteiger partial charge in [0, 0.05) is 12.7 Å². The van der Waals surface area contributed by atoms with E-state index >= 15 is 0 Å². The summed E-state index contributed by atoms with van der Waals surface area (Å²) in [6, 6.07) is 1.81. The predicted molar refractivity (Wildman–Crippen MR) is 60.2 cm³/mol. The molecule has 0 aliphatic heterocycles. The van der Waals surface area contributed by atoms with Crippen molar-refractivity contribution in [3.63, 3.8) is 0 Å². The van der Waals surface area contributed by atoms with E-state index in [1.165, 1.54) is 25.7 Å². The number of hydrogen-bond acceptors (Lipinski definition) is 2. The third-order valence-electron chi connectivity index (χ3n) is 3.47. The largest absolute Gasteiger partial charge is 0.481 e. The predicted octanol–water partition coefficient (Wildman–Crippen LogP) is 2.26. The second-order valence-electron chi connectivity index (χ2n) is 4.65. The van der Waals surface area contributed by atoms with Gasteiger partial charge in [-0.25, -0.2) is 0 Å². The Kier molecular flexibility index (Phi) is 3.27. The molecule has 1 aromatic heterocycles. The first-order chi connectivity index (χ1) is 7.68.